The molecule has 0 spiro atoms. The van der Waals surface area contributed by atoms with Crippen LogP contribution in [0.1, 0.15) is 13.3 Å². The summed E-state index contributed by atoms with van der Waals surface area (Å²) in [6, 6.07) is 18.8. The summed E-state index contributed by atoms with van der Waals surface area (Å²) in [7, 11) is 3.53. The van der Waals surface area contributed by atoms with Crippen molar-refractivity contribution < 1.29 is 14.3 Å². The lowest BCUT2D eigenvalue weighted by atomic mass is 9.98. The molecular weight excluding hydrogens is 468 g/mol. The third-order valence-corrected chi connectivity index (χ3v) is 6.06. The van der Waals surface area contributed by atoms with E-state index in [0.29, 0.717) is 35.3 Å². The summed E-state index contributed by atoms with van der Waals surface area (Å²) in [5.74, 6) is 1.88. The number of methoxy groups -OCH3 is 1. The quantitative estimate of drug-likeness (QED) is 0.310. The van der Waals surface area contributed by atoms with Crippen molar-refractivity contribution >= 4 is 28.4 Å². The molecule has 0 aliphatic carbocycles. The number of hydrogen-bond acceptors (Lipinski definition) is 7. The monoisotopic (exact) mass is 494 g/mol. The van der Waals surface area contributed by atoms with Gasteiger partial charge in [0.15, 0.2) is 11.5 Å². The number of ether oxygens (including phenoxy) is 2. The van der Waals surface area contributed by atoms with Gasteiger partial charge in [0.05, 0.1) is 18.2 Å². The van der Waals surface area contributed by atoms with Crippen LogP contribution in [-0.2, 0) is 11.8 Å². The number of carbonyl (C=O) groups excluding carboxylic acids is 1. The Morgan fingerprint density at radius 2 is 1.78 bits per heavy atom. The Labute approximate surface area is 213 Å². The number of nitrogens with two attached hydrogens (primary N) is 1. The van der Waals surface area contributed by atoms with E-state index in [9.17, 15) is 4.79 Å². The van der Waals surface area contributed by atoms with Gasteiger partial charge < -0.3 is 25.1 Å². The van der Waals surface area contributed by atoms with Gasteiger partial charge in [0.25, 0.3) is 0 Å². The molecule has 3 heterocycles. The minimum Gasteiger partial charge on any atom is -0.493 e. The van der Waals surface area contributed by atoms with Crippen LogP contribution in [0.4, 0.5) is 11.5 Å². The predicted molar refractivity (Wildman–Crippen MR) is 144 cm³/mol. The lowest BCUT2D eigenvalue weighted by molar-refractivity contribution is -0.115. The van der Waals surface area contributed by atoms with Crippen LogP contribution in [-0.4, -0.2) is 32.5 Å². The highest BCUT2D eigenvalue weighted by Crippen LogP contribution is 2.44. The normalized spacial score (nSPS) is 10.9. The molecule has 1 amide bonds. The highest BCUT2D eigenvalue weighted by molar-refractivity contribution is 6.08. The van der Waals surface area contributed by atoms with Gasteiger partial charge >= 0.3 is 0 Å². The highest BCUT2D eigenvalue weighted by Gasteiger charge is 2.23. The van der Waals surface area contributed by atoms with Crippen molar-refractivity contribution in [1.82, 2.24) is 19.5 Å². The lowest BCUT2D eigenvalue weighted by Gasteiger charge is -2.13. The molecule has 0 radical (unpaired) electrons. The Hall–Kier alpha value is -4.92. The van der Waals surface area contributed by atoms with Crippen molar-refractivity contribution in [2.75, 3.05) is 18.2 Å². The van der Waals surface area contributed by atoms with Crippen molar-refractivity contribution in [3.8, 4) is 39.8 Å². The number of nitrogen functional groups attached to an aromatic ring is 1. The van der Waals surface area contributed by atoms with E-state index in [2.05, 4.69) is 20.3 Å². The summed E-state index contributed by atoms with van der Waals surface area (Å²) in [5, 5.41) is 3.62. The van der Waals surface area contributed by atoms with Gasteiger partial charge in [-0.25, -0.2) is 15.0 Å². The largest absolute Gasteiger partial charge is 0.493 e. The number of rotatable bonds is 7. The van der Waals surface area contributed by atoms with E-state index in [1.807, 2.05) is 73.1 Å². The number of pyridine rings is 1. The number of nitrogens with zero attached hydrogens (tertiary/aromatic N) is 4. The Morgan fingerprint density at radius 3 is 2.49 bits per heavy atom. The van der Waals surface area contributed by atoms with Gasteiger partial charge in [0.2, 0.25) is 11.8 Å². The number of carbonyl (C=O) groups is 1. The molecule has 3 aromatic heterocycles. The minimum absolute atomic E-state index is 0.0406. The third kappa shape index (κ3) is 4.54. The molecular formula is C28H26N6O3. The first-order valence-electron chi connectivity index (χ1n) is 11.8. The Kier molecular flexibility index (Phi) is 6.42. The molecule has 0 saturated carbocycles. The second kappa shape index (κ2) is 9.98. The van der Waals surface area contributed by atoms with E-state index in [1.54, 1.807) is 19.4 Å². The molecule has 0 unspecified atom stereocenters. The number of aromatic nitrogens is 4. The molecule has 5 rings (SSSR count). The Bertz CT molecular complexity index is 1580. The van der Waals surface area contributed by atoms with Crippen molar-refractivity contribution in [2.24, 2.45) is 7.05 Å². The summed E-state index contributed by atoms with van der Waals surface area (Å²) < 4.78 is 13.6. The van der Waals surface area contributed by atoms with Gasteiger partial charge in [-0.2, -0.15) is 0 Å². The van der Waals surface area contributed by atoms with Gasteiger partial charge in [-0.3, -0.25) is 4.79 Å². The summed E-state index contributed by atoms with van der Waals surface area (Å²) in [5.41, 5.74) is 11.4. The van der Waals surface area contributed by atoms with Crippen LogP contribution in [0, 0.1) is 0 Å². The van der Waals surface area contributed by atoms with Crippen LogP contribution in [0.2, 0.25) is 0 Å². The number of fused-ring (bicyclic) bond motifs is 1. The summed E-state index contributed by atoms with van der Waals surface area (Å²) in [4.78, 5) is 24.8. The maximum Gasteiger partial charge on any atom is 0.224 e. The molecule has 0 saturated heterocycles. The first kappa shape index (κ1) is 23.8. The average molecular weight is 495 g/mol. The third-order valence-electron chi connectivity index (χ3n) is 6.06. The van der Waals surface area contributed by atoms with Crippen molar-refractivity contribution in [1.29, 1.82) is 0 Å². The van der Waals surface area contributed by atoms with Crippen molar-refractivity contribution in [3.05, 3.63) is 73.2 Å². The fraction of sp³-hybridized carbons (Fsp3) is 0.143. The van der Waals surface area contributed by atoms with E-state index < -0.39 is 0 Å². The summed E-state index contributed by atoms with van der Waals surface area (Å²) >= 11 is 0. The molecule has 3 N–H and O–H groups in total. The van der Waals surface area contributed by atoms with Crippen LogP contribution < -0.4 is 20.5 Å². The van der Waals surface area contributed by atoms with Crippen LogP contribution in [0.5, 0.6) is 17.4 Å². The van der Waals surface area contributed by atoms with E-state index in [-0.39, 0.29) is 5.91 Å². The second-order valence-corrected chi connectivity index (χ2v) is 8.35. The van der Waals surface area contributed by atoms with Crippen molar-refractivity contribution in [2.45, 2.75) is 13.3 Å². The van der Waals surface area contributed by atoms with E-state index in [0.717, 1.165) is 33.5 Å². The zero-order valence-electron chi connectivity index (χ0n) is 20.7. The zero-order chi connectivity index (χ0) is 25.9. The van der Waals surface area contributed by atoms with Gasteiger partial charge in [-0.15, -0.1) is 0 Å². The second-order valence-electron chi connectivity index (χ2n) is 8.35. The van der Waals surface area contributed by atoms with Gasteiger partial charge in [-0.1, -0.05) is 31.2 Å². The predicted octanol–water partition coefficient (Wildman–Crippen LogP) is 5.43. The SMILES string of the molecule is CCC(=O)Nc1ccc(-c2c(-c3ccc(Oc4ccccn4)c(OC)c3)c3c(N)ncnc3n2C)cc1. The van der Waals surface area contributed by atoms with E-state index in [1.165, 1.54) is 6.33 Å². The van der Waals surface area contributed by atoms with Gasteiger partial charge in [-0.05, 0) is 41.5 Å². The number of aryl methyl sites for hydroxylation is 1. The first-order valence-corrected chi connectivity index (χ1v) is 11.8. The Balaban J connectivity index is 1.65. The van der Waals surface area contributed by atoms with Crippen LogP contribution in [0.15, 0.2) is 73.2 Å². The minimum atomic E-state index is -0.0406. The first-order chi connectivity index (χ1) is 18.0. The van der Waals surface area contributed by atoms with E-state index >= 15 is 0 Å². The molecule has 186 valence electrons. The molecule has 5 aromatic rings. The molecule has 0 fully saturated rings. The van der Waals surface area contributed by atoms with Crippen LogP contribution in [0.3, 0.4) is 0 Å². The number of anilines is 2. The number of amides is 1. The standard InChI is InChI=1S/C28H26N6O3/c1-4-22(35)33-19-11-8-17(9-12-19)26-24(25-27(29)31-16-32-28(25)34(26)2)18-10-13-20(21(15-18)36-3)37-23-7-5-6-14-30-23/h5-16H,4H2,1-3H3,(H,33,35)(H2,29,31,32). The maximum atomic E-state index is 11.8. The maximum absolute atomic E-state index is 11.8. The highest BCUT2D eigenvalue weighted by atomic mass is 16.5. The van der Waals surface area contributed by atoms with Gasteiger partial charge in [0, 0.05) is 37.0 Å². The molecule has 0 bridgehead atoms. The van der Waals surface area contributed by atoms with Crippen LogP contribution >= 0.6 is 0 Å². The number of hydrogen-bond donors (Lipinski definition) is 2. The number of benzene rings is 2. The zero-order valence-corrected chi connectivity index (χ0v) is 20.7. The van der Waals surface area contributed by atoms with Crippen LogP contribution in [0.25, 0.3) is 33.4 Å². The molecule has 0 atom stereocenters. The number of nitrogens with one attached hydrogen (secondary N) is 1. The van der Waals surface area contributed by atoms with Gasteiger partial charge in [0.1, 0.15) is 17.8 Å². The lowest BCUT2D eigenvalue weighted by Crippen LogP contribution is -2.09. The topological polar surface area (TPSA) is 117 Å². The molecule has 9 nitrogen and oxygen atoms in total. The van der Waals surface area contributed by atoms with E-state index in [4.69, 9.17) is 15.2 Å². The fourth-order valence-electron chi connectivity index (χ4n) is 4.28. The Morgan fingerprint density at radius 1 is 1.00 bits per heavy atom. The molecule has 0 aliphatic rings. The fourth-order valence-corrected chi connectivity index (χ4v) is 4.28. The summed E-state index contributed by atoms with van der Waals surface area (Å²) in [6.07, 6.45) is 3.54. The van der Waals surface area contributed by atoms with Crippen molar-refractivity contribution in [3.63, 3.8) is 0 Å². The molecule has 9 heteroatoms. The average Bonchev–Trinajstić information content (AvgIpc) is 3.23. The molecule has 2 aromatic carbocycles. The summed E-state index contributed by atoms with van der Waals surface area (Å²) in [6.45, 7) is 1.82. The smallest absolute Gasteiger partial charge is 0.224 e. The molecule has 37 heavy (non-hydrogen) atoms. The molecule has 0 aliphatic heterocycles.